The minimum atomic E-state index is 0.580. The lowest BCUT2D eigenvalue weighted by Crippen LogP contribution is -2.35. The molecule has 0 saturated carbocycles. The zero-order valence-corrected chi connectivity index (χ0v) is 13.8. The summed E-state index contributed by atoms with van der Waals surface area (Å²) < 4.78 is 0. The maximum Gasteiger partial charge on any atom is 0.247 e. The van der Waals surface area contributed by atoms with Gasteiger partial charge in [-0.25, -0.2) is 0 Å². The maximum absolute atomic E-state index is 6.16. The van der Waals surface area contributed by atoms with Gasteiger partial charge in [0.2, 0.25) is 5.95 Å². The SMILES string of the molecule is CC1CCCN(c2nncc(Nc3cc(Cl)ccc3Cl)n2)C1. The van der Waals surface area contributed by atoms with E-state index in [0.29, 0.717) is 33.4 Å². The molecule has 0 spiro atoms. The Bertz CT molecular complexity index is 664. The van der Waals surface area contributed by atoms with E-state index >= 15 is 0 Å². The quantitative estimate of drug-likeness (QED) is 0.911. The van der Waals surface area contributed by atoms with E-state index in [9.17, 15) is 0 Å². The first-order chi connectivity index (χ1) is 10.6. The summed E-state index contributed by atoms with van der Waals surface area (Å²) in [7, 11) is 0. The standard InChI is InChI=1S/C15H17Cl2N5/c1-10-3-2-6-22(9-10)15-20-14(8-18-21-15)19-13-7-11(16)4-5-12(13)17/h4-5,7-8,10H,2-3,6,9H2,1H3,(H,19,20,21). The Morgan fingerprint density at radius 2 is 2.18 bits per heavy atom. The van der Waals surface area contributed by atoms with E-state index in [2.05, 4.69) is 32.3 Å². The molecule has 1 saturated heterocycles. The molecule has 1 fully saturated rings. The van der Waals surface area contributed by atoms with Crippen LogP contribution in [0.3, 0.4) is 0 Å². The van der Waals surface area contributed by atoms with Crippen molar-refractivity contribution in [1.82, 2.24) is 15.2 Å². The van der Waals surface area contributed by atoms with Crippen LogP contribution in [0.4, 0.5) is 17.5 Å². The number of nitrogens with zero attached hydrogens (tertiary/aromatic N) is 4. The number of rotatable bonds is 3. The van der Waals surface area contributed by atoms with E-state index < -0.39 is 0 Å². The van der Waals surface area contributed by atoms with Gasteiger partial charge < -0.3 is 10.2 Å². The lowest BCUT2D eigenvalue weighted by atomic mass is 10.0. The molecule has 1 aliphatic rings. The molecule has 1 aromatic carbocycles. The van der Waals surface area contributed by atoms with Crippen LogP contribution in [0.25, 0.3) is 0 Å². The normalized spacial score (nSPS) is 18.3. The fraction of sp³-hybridized carbons (Fsp3) is 0.400. The summed E-state index contributed by atoms with van der Waals surface area (Å²) in [5.41, 5.74) is 0.702. The third-order valence-corrected chi connectivity index (χ3v) is 4.24. The van der Waals surface area contributed by atoms with E-state index in [0.717, 1.165) is 19.5 Å². The van der Waals surface area contributed by atoms with E-state index in [-0.39, 0.29) is 0 Å². The second-order valence-corrected chi connectivity index (χ2v) is 6.43. The van der Waals surface area contributed by atoms with Gasteiger partial charge in [-0.15, -0.1) is 5.10 Å². The Morgan fingerprint density at radius 1 is 1.32 bits per heavy atom. The van der Waals surface area contributed by atoms with Crippen molar-refractivity contribution in [3.63, 3.8) is 0 Å². The minimum absolute atomic E-state index is 0.580. The largest absolute Gasteiger partial charge is 0.339 e. The summed E-state index contributed by atoms with van der Waals surface area (Å²) in [5, 5.41) is 12.5. The third-order valence-electron chi connectivity index (χ3n) is 3.68. The minimum Gasteiger partial charge on any atom is -0.339 e. The van der Waals surface area contributed by atoms with Gasteiger partial charge in [-0.3, -0.25) is 0 Å². The van der Waals surface area contributed by atoms with Gasteiger partial charge in [0.15, 0.2) is 5.82 Å². The van der Waals surface area contributed by atoms with Crippen molar-refractivity contribution in [3.8, 4) is 0 Å². The first-order valence-corrected chi connectivity index (χ1v) is 8.04. The molecule has 2 aromatic rings. The number of hydrogen-bond acceptors (Lipinski definition) is 5. The van der Waals surface area contributed by atoms with Gasteiger partial charge in [0, 0.05) is 18.1 Å². The van der Waals surface area contributed by atoms with Gasteiger partial charge in [0.05, 0.1) is 16.9 Å². The molecule has 2 heterocycles. The Kier molecular flexibility index (Phi) is 4.64. The molecule has 0 radical (unpaired) electrons. The molecular weight excluding hydrogens is 321 g/mol. The molecule has 22 heavy (non-hydrogen) atoms. The van der Waals surface area contributed by atoms with Gasteiger partial charge in [-0.05, 0) is 37.0 Å². The van der Waals surface area contributed by atoms with Crippen LogP contribution in [0.5, 0.6) is 0 Å². The van der Waals surface area contributed by atoms with Crippen LogP contribution in [0, 0.1) is 5.92 Å². The highest BCUT2D eigenvalue weighted by Gasteiger charge is 2.19. The average molecular weight is 338 g/mol. The van der Waals surface area contributed by atoms with Crippen molar-refractivity contribution in [2.24, 2.45) is 5.92 Å². The smallest absolute Gasteiger partial charge is 0.247 e. The zero-order chi connectivity index (χ0) is 15.5. The fourth-order valence-electron chi connectivity index (χ4n) is 2.59. The van der Waals surface area contributed by atoms with E-state index in [1.54, 1.807) is 24.4 Å². The van der Waals surface area contributed by atoms with Gasteiger partial charge in [0.25, 0.3) is 0 Å². The first kappa shape index (κ1) is 15.3. The average Bonchev–Trinajstić information content (AvgIpc) is 2.51. The van der Waals surface area contributed by atoms with Crippen LogP contribution in [0.15, 0.2) is 24.4 Å². The van der Waals surface area contributed by atoms with Gasteiger partial charge in [-0.1, -0.05) is 30.1 Å². The van der Waals surface area contributed by atoms with Gasteiger partial charge in [0.1, 0.15) is 0 Å². The van der Waals surface area contributed by atoms with Crippen LogP contribution in [-0.4, -0.2) is 28.3 Å². The maximum atomic E-state index is 6.16. The molecule has 7 heteroatoms. The molecule has 1 unspecified atom stereocenters. The molecule has 0 amide bonds. The molecule has 3 rings (SSSR count). The van der Waals surface area contributed by atoms with Crippen LogP contribution >= 0.6 is 23.2 Å². The summed E-state index contributed by atoms with van der Waals surface area (Å²) in [5.74, 6) is 1.90. The Labute approximate surface area is 139 Å². The molecule has 116 valence electrons. The van der Waals surface area contributed by atoms with Crippen LogP contribution in [-0.2, 0) is 0 Å². The molecule has 1 aliphatic heterocycles. The lowest BCUT2D eigenvalue weighted by molar-refractivity contribution is 0.441. The van der Waals surface area contributed by atoms with Crippen molar-refractivity contribution in [2.75, 3.05) is 23.3 Å². The van der Waals surface area contributed by atoms with Gasteiger partial charge >= 0.3 is 0 Å². The van der Waals surface area contributed by atoms with Crippen molar-refractivity contribution in [2.45, 2.75) is 19.8 Å². The second kappa shape index (κ2) is 6.67. The molecule has 1 atom stereocenters. The molecule has 1 N–H and O–H groups in total. The van der Waals surface area contributed by atoms with Crippen molar-refractivity contribution in [3.05, 3.63) is 34.4 Å². The van der Waals surface area contributed by atoms with Crippen molar-refractivity contribution < 1.29 is 0 Å². The van der Waals surface area contributed by atoms with Crippen LogP contribution < -0.4 is 10.2 Å². The Balaban J connectivity index is 1.80. The molecule has 5 nitrogen and oxygen atoms in total. The number of halogens is 2. The highest BCUT2D eigenvalue weighted by atomic mass is 35.5. The van der Waals surface area contributed by atoms with Crippen molar-refractivity contribution >= 4 is 40.7 Å². The molecule has 0 bridgehead atoms. The third kappa shape index (κ3) is 3.59. The number of nitrogens with one attached hydrogen (secondary N) is 1. The number of piperidine rings is 1. The highest BCUT2D eigenvalue weighted by molar-refractivity contribution is 6.35. The molecule has 0 aliphatic carbocycles. The van der Waals surface area contributed by atoms with Crippen molar-refractivity contribution in [1.29, 1.82) is 0 Å². The summed E-state index contributed by atoms with van der Waals surface area (Å²) in [6, 6.07) is 5.25. The second-order valence-electron chi connectivity index (χ2n) is 5.58. The highest BCUT2D eigenvalue weighted by Crippen LogP contribution is 2.28. The number of anilines is 3. The Hall–Kier alpha value is -1.59. The lowest BCUT2D eigenvalue weighted by Gasteiger charge is -2.30. The van der Waals surface area contributed by atoms with Crippen LogP contribution in [0.1, 0.15) is 19.8 Å². The molecular formula is C15H17Cl2N5. The monoisotopic (exact) mass is 337 g/mol. The number of aromatic nitrogens is 3. The number of hydrogen-bond donors (Lipinski definition) is 1. The van der Waals surface area contributed by atoms with E-state index in [1.165, 1.54) is 6.42 Å². The van der Waals surface area contributed by atoms with Gasteiger partial charge in [-0.2, -0.15) is 10.1 Å². The first-order valence-electron chi connectivity index (χ1n) is 7.28. The zero-order valence-electron chi connectivity index (χ0n) is 12.3. The predicted molar refractivity (Wildman–Crippen MR) is 90.2 cm³/mol. The van der Waals surface area contributed by atoms with E-state index in [1.807, 2.05) is 0 Å². The molecule has 1 aromatic heterocycles. The Morgan fingerprint density at radius 3 is 3.00 bits per heavy atom. The summed E-state index contributed by atoms with van der Waals surface area (Å²) >= 11 is 12.2. The summed E-state index contributed by atoms with van der Waals surface area (Å²) in [6.07, 6.45) is 3.98. The van der Waals surface area contributed by atoms with E-state index in [4.69, 9.17) is 23.2 Å². The number of benzene rings is 1. The topological polar surface area (TPSA) is 53.9 Å². The predicted octanol–water partition coefficient (Wildman–Crippen LogP) is 4.16. The summed E-state index contributed by atoms with van der Waals surface area (Å²) in [4.78, 5) is 6.71. The fourth-order valence-corrected chi connectivity index (χ4v) is 2.93. The summed E-state index contributed by atoms with van der Waals surface area (Å²) in [6.45, 7) is 4.17. The van der Waals surface area contributed by atoms with Crippen LogP contribution in [0.2, 0.25) is 10.0 Å².